The molecule has 0 amide bonds. The number of anilines is 1. The first-order valence-corrected chi connectivity index (χ1v) is 6.85. The Morgan fingerprint density at radius 2 is 1.67 bits per heavy atom. The maximum absolute atomic E-state index is 5.74. The number of hydrogen-bond acceptors (Lipinski definition) is 3. The molecule has 0 saturated carbocycles. The van der Waals surface area contributed by atoms with Crippen LogP contribution in [0.25, 0.3) is 0 Å². The van der Waals surface area contributed by atoms with Crippen LogP contribution in [0.2, 0.25) is 0 Å². The van der Waals surface area contributed by atoms with Gasteiger partial charge in [-0.1, -0.05) is 27.7 Å². The van der Waals surface area contributed by atoms with Gasteiger partial charge in [0.15, 0.2) is 0 Å². The highest BCUT2D eigenvalue weighted by molar-refractivity contribution is 5.42. The van der Waals surface area contributed by atoms with Gasteiger partial charge in [-0.25, -0.2) is 4.98 Å². The molecule has 0 fully saturated rings. The summed E-state index contributed by atoms with van der Waals surface area (Å²) in [4.78, 5) is 7.04. The van der Waals surface area contributed by atoms with E-state index in [1.165, 1.54) is 0 Å². The van der Waals surface area contributed by atoms with E-state index >= 15 is 0 Å². The zero-order valence-corrected chi connectivity index (χ0v) is 12.4. The van der Waals surface area contributed by atoms with Crippen molar-refractivity contribution in [1.82, 2.24) is 4.98 Å². The van der Waals surface area contributed by atoms with Gasteiger partial charge in [-0.15, -0.1) is 0 Å². The molecule has 102 valence electrons. The van der Waals surface area contributed by atoms with Crippen LogP contribution in [-0.2, 0) is 6.54 Å². The second-order valence-corrected chi connectivity index (χ2v) is 5.87. The van der Waals surface area contributed by atoms with E-state index in [1.807, 2.05) is 6.92 Å². The molecule has 0 radical (unpaired) electrons. The van der Waals surface area contributed by atoms with E-state index in [1.54, 1.807) is 0 Å². The predicted octanol–water partition coefficient (Wildman–Crippen LogP) is 2.97. The maximum atomic E-state index is 5.74. The van der Waals surface area contributed by atoms with Gasteiger partial charge in [0.25, 0.3) is 0 Å². The van der Waals surface area contributed by atoms with Gasteiger partial charge < -0.3 is 10.6 Å². The van der Waals surface area contributed by atoms with Crippen molar-refractivity contribution >= 4 is 5.82 Å². The Balaban J connectivity index is 2.99. The molecular weight excluding hydrogens is 222 g/mol. The fourth-order valence-electron chi connectivity index (χ4n) is 2.14. The number of aryl methyl sites for hydroxylation is 1. The molecule has 0 bridgehead atoms. The van der Waals surface area contributed by atoms with Crippen molar-refractivity contribution in [3.8, 4) is 0 Å². The Kier molecular flexibility index (Phi) is 5.60. The van der Waals surface area contributed by atoms with E-state index in [0.717, 1.165) is 30.2 Å². The largest absolute Gasteiger partial charge is 0.356 e. The van der Waals surface area contributed by atoms with Gasteiger partial charge in [0.05, 0.1) is 0 Å². The molecule has 0 saturated heterocycles. The molecule has 1 aromatic rings. The van der Waals surface area contributed by atoms with Gasteiger partial charge in [0.1, 0.15) is 5.82 Å². The van der Waals surface area contributed by atoms with Gasteiger partial charge in [0, 0.05) is 25.3 Å². The third kappa shape index (κ3) is 4.65. The minimum Gasteiger partial charge on any atom is -0.356 e. The average molecular weight is 249 g/mol. The summed E-state index contributed by atoms with van der Waals surface area (Å²) in [5, 5.41) is 0. The Morgan fingerprint density at radius 1 is 1.11 bits per heavy atom. The molecule has 18 heavy (non-hydrogen) atoms. The fourth-order valence-corrected chi connectivity index (χ4v) is 2.14. The number of nitrogens with two attached hydrogens (primary N) is 1. The predicted molar refractivity (Wildman–Crippen MR) is 78.8 cm³/mol. The molecule has 1 aromatic heterocycles. The zero-order valence-electron chi connectivity index (χ0n) is 12.4. The van der Waals surface area contributed by atoms with Crippen LogP contribution in [0.1, 0.15) is 39.0 Å². The average Bonchev–Trinajstić information content (AvgIpc) is 2.26. The van der Waals surface area contributed by atoms with E-state index in [-0.39, 0.29) is 0 Å². The summed E-state index contributed by atoms with van der Waals surface area (Å²) in [6, 6.07) is 4.18. The second kappa shape index (κ2) is 6.74. The van der Waals surface area contributed by atoms with Crippen LogP contribution in [0.15, 0.2) is 12.1 Å². The van der Waals surface area contributed by atoms with Crippen LogP contribution in [-0.4, -0.2) is 18.1 Å². The summed E-state index contributed by atoms with van der Waals surface area (Å²) >= 11 is 0. The third-order valence-electron chi connectivity index (χ3n) is 2.73. The Labute approximate surface area is 111 Å². The van der Waals surface area contributed by atoms with E-state index in [4.69, 9.17) is 5.73 Å². The van der Waals surface area contributed by atoms with Crippen molar-refractivity contribution in [2.45, 2.75) is 41.2 Å². The SMILES string of the molecule is Cc1cc(CN)cc(N(CC(C)C)CC(C)C)n1. The minimum atomic E-state index is 0.577. The van der Waals surface area contributed by atoms with Crippen molar-refractivity contribution in [1.29, 1.82) is 0 Å². The normalized spacial score (nSPS) is 11.3. The van der Waals surface area contributed by atoms with E-state index in [9.17, 15) is 0 Å². The van der Waals surface area contributed by atoms with Gasteiger partial charge >= 0.3 is 0 Å². The van der Waals surface area contributed by atoms with E-state index in [0.29, 0.717) is 18.4 Å². The van der Waals surface area contributed by atoms with Crippen molar-refractivity contribution in [3.63, 3.8) is 0 Å². The molecule has 3 heteroatoms. The second-order valence-electron chi connectivity index (χ2n) is 5.87. The molecule has 0 atom stereocenters. The van der Waals surface area contributed by atoms with Crippen molar-refractivity contribution < 1.29 is 0 Å². The van der Waals surface area contributed by atoms with Crippen LogP contribution in [0.3, 0.4) is 0 Å². The molecule has 0 aliphatic carbocycles. The lowest BCUT2D eigenvalue weighted by Crippen LogP contribution is -2.32. The number of nitrogens with zero attached hydrogens (tertiary/aromatic N) is 2. The lowest BCUT2D eigenvalue weighted by Gasteiger charge is -2.28. The highest BCUT2D eigenvalue weighted by Gasteiger charge is 2.12. The maximum Gasteiger partial charge on any atom is 0.129 e. The summed E-state index contributed by atoms with van der Waals surface area (Å²) in [7, 11) is 0. The van der Waals surface area contributed by atoms with Gasteiger partial charge in [0.2, 0.25) is 0 Å². The summed E-state index contributed by atoms with van der Waals surface area (Å²) in [6.45, 7) is 13.7. The topological polar surface area (TPSA) is 42.1 Å². The van der Waals surface area contributed by atoms with Gasteiger partial charge in [-0.2, -0.15) is 0 Å². The lowest BCUT2D eigenvalue weighted by molar-refractivity contribution is 0.548. The van der Waals surface area contributed by atoms with Crippen LogP contribution in [0.4, 0.5) is 5.82 Å². The molecule has 2 N–H and O–H groups in total. The minimum absolute atomic E-state index is 0.577. The van der Waals surface area contributed by atoms with Gasteiger partial charge in [-0.3, -0.25) is 0 Å². The van der Waals surface area contributed by atoms with Crippen LogP contribution in [0, 0.1) is 18.8 Å². The highest BCUT2D eigenvalue weighted by atomic mass is 15.2. The first-order chi connectivity index (χ1) is 8.42. The quantitative estimate of drug-likeness (QED) is 0.843. The van der Waals surface area contributed by atoms with E-state index in [2.05, 4.69) is 49.7 Å². The molecule has 0 aliphatic heterocycles. The number of aromatic nitrogens is 1. The van der Waals surface area contributed by atoms with Crippen LogP contribution >= 0.6 is 0 Å². The van der Waals surface area contributed by atoms with Crippen molar-refractivity contribution in [2.24, 2.45) is 17.6 Å². The van der Waals surface area contributed by atoms with E-state index < -0.39 is 0 Å². The Hall–Kier alpha value is -1.09. The zero-order chi connectivity index (χ0) is 13.7. The standard InChI is InChI=1S/C15H27N3/c1-11(2)9-18(10-12(3)4)15-7-14(8-16)6-13(5)17-15/h6-7,11-12H,8-10,16H2,1-5H3. The van der Waals surface area contributed by atoms with Gasteiger partial charge in [-0.05, 0) is 36.5 Å². The van der Waals surface area contributed by atoms with Crippen molar-refractivity contribution in [2.75, 3.05) is 18.0 Å². The molecule has 3 nitrogen and oxygen atoms in total. The first kappa shape index (κ1) is 15.0. The molecule has 0 spiro atoms. The number of pyridine rings is 1. The van der Waals surface area contributed by atoms with Crippen LogP contribution in [0.5, 0.6) is 0 Å². The molecular formula is C15H27N3. The number of rotatable bonds is 6. The molecule has 0 aromatic carbocycles. The molecule has 0 aliphatic rings. The molecule has 1 rings (SSSR count). The Bertz CT molecular complexity index is 362. The number of hydrogen-bond donors (Lipinski definition) is 1. The Morgan fingerprint density at radius 3 is 2.11 bits per heavy atom. The van der Waals surface area contributed by atoms with Crippen molar-refractivity contribution in [3.05, 3.63) is 23.4 Å². The summed E-state index contributed by atoms with van der Waals surface area (Å²) in [5.74, 6) is 2.33. The first-order valence-electron chi connectivity index (χ1n) is 6.85. The summed E-state index contributed by atoms with van der Waals surface area (Å²) < 4.78 is 0. The smallest absolute Gasteiger partial charge is 0.129 e. The monoisotopic (exact) mass is 249 g/mol. The molecule has 1 heterocycles. The third-order valence-corrected chi connectivity index (χ3v) is 2.73. The van der Waals surface area contributed by atoms with Crippen LogP contribution < -0.4 is 10.6 Å². The summed E-state index contributed by atoms with van der Waals surface area (Å²) in [6.07, 6.45) is 0. The molecule has 0 unspecified atom stereocenters. The highest BCUT2D eigenvalue weighted by Crippen LogP contribution is 2.18. The summed E-state index contributed by atoms with van der Waals surface area (Å²) in [5.41, 5.74) is 7.95. The lowest BCUT2D eigenvalue weighted by atomic mass is 10.1. The fraction of sp³-hybridized carbons (Fsp3) is 0.667.